The third kappa shape index (κ3) is 6.57. The van der Waals surface area contributed by atoms with Gasteiger partial charge < -0.3 is 38.3 Å². The van der Waals surface area contributed by atoms with Gasteiger partial charge in [-0.3, -0.25) is 4.79 Å². The SMILES string of the molecule is COc1cc(CN2CCC(CCN3CCC(Nc4nc5ccccc5n4Cc4ccco4)CC3)(c3ccccc3)C2=O)cc(OC)c1OC. The van der Waals surface area contributed by atoms with E-state index in [4.69, 9.17) is 23.6 Å². The maximum absolute atomic E-state index is 14.4. The van der Waals surface area contributed by atoms with Crippen molar-refractivity contribution in [2.45, 2.75) is 50.2 Å². The zero-order valence-electron chi connectivity index (χ0n) is 28.6. The number of hydrogen-bond donors (Lipinski definition) is 1. The second-order valence-corrected chi connectivity index (χ2v) is 13.1. The summed E-state index contributed by atoms with van der Waals surface area (Å²) in [7, 11) is 4.82. The van der Waals surface area contributed by atoms with Crippen molar-refractivity contribution in [3.8, 4) is 17.2 Å². The average molecular weight is 664 g/mol. The van der Waals surface area contributed by atoms with Gasteiger partial charge in [-0.1, -0.05) is 42.5 Å². The van der Waals surface area contributed by atoms with Crippen LogP contribution in [0.1, 0.15) is 42.6 Å². The largest absolute Gasteiger partial charge is 0.493 e. The standard InChI is InChI=1S/C39H45N5O5/c1-46-34-24-28(25-35(47-2)36(34)48-3)26-43-22-18-39(37(43)45,29-10-5-4-6-11-29)17-21-42-19-15-30(16-20-42)40-38-41-32-13-7-8-14-33(32)44(38)27-31-12-9-23-49-31/h4-14,23-25,30H,15-22,26-27H2,1-3H3,(H,40,41). The third-order valence-electron chi connectivity index (χ3n) is 10.3. The monoisotopic (exact) mass is 663 g/mol. The van der Waals surface area contributed by atoms with E-state index in [-0.39, 0.29) is 5.91 Å². The Morgan fingerprint density at radius 3 is 2.31 bits per heavy atom. The molecule has 0 saturated carbocycles. The zero-order chi connectivity index (χ0) is 33.8. The van der Waals surface area contributed by atoms with Crippen LogP contribution >= 0.6 is 0 Å². The number of para-hydroxylation sites is 2. The van der Waals surface area contributed by atoms with Crippen LogP contribution < -0.4 is 19.5 Å². The Kier molecular flexibility index (Phi) is 9.48. The number of piperidine rings is 1. The molecule has 4 heterocycles. The molecule has 2 aliphatic heterocycles. The topological polar surface area (TPSA) is 94.2 Å². The molecule has 5 aromatic rings. The minimum absolute atomic E-state index is 0.180. The number of hydrogen-bond acceptors (Lipinski definition) is 8. The van der Waals surface area contributed by atoms with Gasteiger partial charge in [-0.15, -0.1) is 0 Å². The summed E-state index contributed by atoms with van der Waals surface area (Å²) in [6.07, 6.45) is 5.28. The number of methoxy groups -OCH3 is 3. The lowest BCUT2D eigenvalue weighted by Crippen LogP contribution is -2.44. The number of amides is 1. The summed E-state index contributed by atoms with van der Waals surface area (Å²) < 4.78 is 24.6. The molecule has 0 bridgehead atoms. The molecule has 256 valence electrons. The van der Waals surface area contributed by atoms with E-state index in [0.717, 1.165) is 79.2 Å². The van der Waals surface area contributed by atoms with Crippen LogP contribution in [0.4, 0.5) is 5.95 Å². The molecule has 0 radical (unpaired) electrons. The molecule has 7 rings (SSSR count). The number of fused-ring (bicyclic) bond motifs is 1. The number of anilines is 1. The van der Waals surface area contributed by atoms with E-state index in [9.17, 15) is 4.79 Å². The summed E-state index contributed by atoms with van der Waals surface area (Å²) >= 11 is 0. The molecule has 10 heteroatoms. The molecule has 1 N–H and O–H groups in total. The fourth-order valence-electron chi connectivity index (χ4n) is 7.57. The van der Waals surface area contributed by atoms with Crippen LogP contribution in [-0.4, -0.2) is 78.8 Å². The minimum atomic E-state index is -0.562. The maximum Gasteiger partial charge on any atom is 0.233 e. The molecular weight excluding hydrogens is 618 g/mol. The number of carbonyl (C=O) groups excluding carboxylic acids is 1. The summed E-state index contributed by atoms with van der Waals surface area (Å²) in [5, 5.41) is 3.76. The van der Waals surface area contributed by atoms with E-state index in [1.807, 2.05) is 53.4 Å². The second kappa shape index (κ2) is 14.3. The first-order valence-corrected chi connectivity index (χ1v) is 17.1. The van der Waals surface area contributed by atoms with Crippen LogP contribution in [0.3, 0.4) is 0 Å². The average Bonchev–Trinajstić information content (AvgIpc) is 3.87. The number of imidazole rings is 1. The van der Waals surface area contributed by atoms with Gasteiger partial charge >= 0.3 is 0 Å². The first kappa shape index (κ1) is 32.6. The summed E-state index contributed by atoms with van der Waals surface area (Å²) in [6, 6.07) is 26.7. The van der Waals surface area contributed by atoms with Gasteiger partial charge in [-0.05, 0) is 79.8 Å². The maximum atomic E-state index is 14.4. The lowest BCUT2D eigenvalue weighted by Gasteiger charge is -2.36. The van der Waals surface area contributed by atoms with E-state index in [2.05, 4.69) is 45.1 Å². The number of furan rings is 1. The van der Waals surface area contributed by atoms with E-state index in [0.29, 0.717) is 42.9 Å². The molecule has 49 heavy (non-hydrogen) atoms. The Hall–Kier alpha value is -4.96. The number of aromatic nitrogens is 2. The highest BCUT2D eigenvalue weighted by Crippen LogP contribution is 2.42. The van der Waals surface area contributed by atoms with Gasteiger partial charge in [0.15, 0.2) is 11.5 Å². The predicted molar refractivity (Wildman–Crippen MR) is 189 cm³/mol. The Morgan fingerprint density at radius 1 is 0.878 bits per heavy atom. The van der Waals surface area contributed by atoms with Crippen molar-refractivity contribution in [2.24, 2.45) is 0 Å². The number of carbonyl (C=O) groups is 1. The Bertz CT molecular complexity index is 1840. The van der Waals surface area contributed by atoms with Gasteiger partial charge in [0, 0.05) is 32.2 Å². The van der Waals surface area contributed by atoms with Crippen molar-refractivity contribution in [1.29, 1.82) is 0 Å². The number of benzene rings is 3. The van der Waals surface area contributed by atoms with Crippen LogP contribution in [0.5, 0.6) is 17.2 Å². The van der Waals surface area contributed by atoms with Gasteiger partial charge in [0.2, 0.25) is 17.6 Å². The van der Waals surface area contributed by atoms with E-state index < -0.39 is 5.41 Å². The van der Waals surface area contributed by atoms with Crippen molar-refractivity contribution >= 4 is 22.9 Å². The molecule has 2 aromatic heterocycles. The van der Waals surface area contributed by atoms with Crippen molar-refractivity contribution in [1.82, 2.24) is 19.4 Å². The molecule has 1 unspecified atom stereocenters. The zero-order valence-corrected chi connectivity index (χ0v) is 28.6. The van der Waals surface area contributed by atoms with Crippen LogP contribution in [0, 0.1) is 0 Å². The Balaban J connectivity index is 1.02. The fraction of sp³-hybridized carbons (Fsp3) is 0.385. The number of nitrogens with one attached hydrogen (secondary N) is 1. The van der Waals surface area contributed by atoms with Crippen molar-refractivity contribution in [3.63, 3.8) is 0 Å². The van der Waals surface area contributed by atoms with Crippen molar-refractivity contribution in [3.05, 3.63) is 102 Å². The van der Waals surface area contributed by atoms with Gasteiger partial charge in [0.05, 0.1) is 50.6 Å². The first-order valence-electron chi connectivity index (χ1n) is 17.1. The third-order valence-corrected chi connectivity index (χ3v) is 10.3. The summed E-state index contributed by atoms with van der Waals surface area (Å²) in [5.41, 5.74) is 3.54. The molecule has 1 atom stereocenters. The summed E-state index contributed by atoms with van der Waals surface area (Å²) in [5.74, 6) is 3.68. The van der Waals surface area contributed by atoms with Crippen LogP contribution in [-0.2, 0) is 23.3 Å². The van der Waals surface area contributed by atoms with E-state index >= 15 is 0 Å². The van der Waals surface area contributed by atoms with Crippen molar-refractivity contribution in [2.75, 3.05) is 52.8 Å². The molecule has 2 fully saturated rings. The fourth-order valence-corrected chi connectivity index (χ4v) is 7.57. The first-order chi connectivity index (χ1) is 24.0. The lowest BCUT2D eigenvalue weighted by atomic mass is 9.76. The van der Waals surface area contributed by atoms with Crippen LogP contribution in [0.2, 0.25) is 0 Å². The van der Waals surface area contributed by atoms with Crippen LogP contribution in [0.15, 0.2) is 89.5 Å². The molecular formula is C39H45N5O5. The van der Waals surface area contributed by atoms with Gasteiger partial charge in [0.1, 0.15) is 5.76 Å². The molecule has 0 aliphatic carbocycles. The van der Waals surface area contributed by atoms with Gasteiger partial charge in [-0.2, -0.15) is 0 Å². The molecule has 1 amide bonds. The van der Waals surface area contributed by atoms with Crippen molar-refractivity contribution < 1.29 is 23.4 Å². The summed E-state index contributed by atoms with van der Waals surface area (Å²) in [4.78, 5) is 23.9. The number of likely N-dealkylation sites (tertiary alicyclic amines) is 2. The molecule has 2 saturated heterocycles. The Morgan fingerprint density at radius 2 is 1.61 bits per heavy atom. The molecule has 0 spiro atoms. The molecule has 2 aliphatic rings. The Labute approximate surface area is 287 Å². The highest BCUT2D eigenvalue weighted by atomic mass is 16.5. The highest BCUT2D eigenvalue weighted by molar-refractivity contribution is 5.90. The number of rotatable bonds is 13. The predicted octanol–water partition coefficient (Wildman–Crippen LogP) is 6.34. The van der Waals surface area contributed by atoms with E-state index in [1.165, 1.54) is 0 Å². The minimum Gasteiger partial charge on any atom is -0.493 e. The summed E-state index contributed by atoms with van der Waals surface area (Å²) in [6.45, 7) is 4.58. The van der Waals surface area contributed by atoms with Crippen LogP contribution in [0.25, 0.3) is 11.0 Å². The van der Waals surface area contributed by atoms with E-state index in [1.54, 1.807) is 27.6 Å². The van der Waals surface area contributed by atoms with Gasteiger partial charge in [-0.25, -0.2) is 4.98 Å². The normalized spacial score (nSPS) is 18.7. The quantitative estimate of drug-likeness (QED) is 0.156. The second-order valence-electron chi connectivity index (χ2n) is 13.1. The lowest BCUT2D eigenvalue weighted by molar-refractivity contribution is -0.133. The number of nitrogens with zero attached hydrogens (tertiary/aromatic N) is 4. The molecule has 10 nitrogen and oxygen atoms in total. The number of ether oxygens (including phenoxy) is 3. The van der Waals surface area contributed by atoms with Gasteiger partial charge in [0.25, 0.3) is 0 Å². The highest BCUT2D eigenvalue weighted by Gasteiger charge is 2.47. The smallest absolute Gasteiger partial charge is 0.233 e. The molecule has 3 aromatic carbocycles.